The molecular weight excluding hydrogens is 259 g/mol. The van der Waals surface area contributed by atoms with E-state index in [0.29, 0.717) is 18.5 Å². The second-order valence-electron chi connectivity index (χ2n) is 4.16. The second kappa shape index (κ2) is 6.27. The molecule has 2 rings (SSSR count). The number of benzene rings is 1. The van der Waals surface area contributed by atoms with Crippen LogP contribution in [0.25, 0.3) is 0 Å². The van der Waals surface area contributed by atoms with E-state index in [0.717, 1.165) is 19.3 Å². The molecule has 1 saturated heterocycles. The fourth-order valence-electron chi connectivity index (χ4n) is 1.86. The van der Waals surface area contributed by atoms with Gasteiger partial charge in [0.05, 0.1) is 17.2 Å². The molecule has 0 aromatic heterocycles. The minimum atomic E-state index is -0.617. The van der Waals surface area contributed by atoms with Gasteiger partial charge in [0, 0.05) is 12.2 Å². The average Bonchev–Trinajstić information content (AvgIpc) is 2.40. The maximum absolute atomic E-state index is 13.9. The Kier molecular flexibility index (Phi) is 4.69. The minimum Gasteiger partial charge on any atom is -0.353 e. The lowest BCUT2D eigenvalue weighted by atomic mass is 10.1. The Morgan fingerprint density at radius 1 is 1.50 bits per heavy atom. The maximum atomic E-state index is 13.9. The van der Waals surface area contributed by atoms with Crippen LogP contribution in [0.2, 0.25) is 5.02 Å². The van der Waals surface area contributed by atoms with Gasteiger partial charge in [-0.1, -0.05) is 17.7 Å². The molecule has 1 aliphatic heterocycles. The van der Waals surface area contributed by atoms with E-state index in [2.05, 4.69) is 0 Å². The summed E-state index contributed by atoms with van der Waals surface area (Å²) < 4.78 is 24.7. The van der Waals surface area contributed by atoms with Gasteiger partial charge in [-0.05, 0) is 25.3 Å². The highest BCUT2D eigenvalue weighted by atomic mass is 35.5. The Hall–Kier alpha value is -0.970. The van der Waals surface area contributed by atoms with E-state index in [1.165, 1.54) is 12.1 Å². The van der Waals surface area contributed by atoms with Crippen LogP contribution in [0, 0.1) is 5.82 Å². The Balaban J connectivity index is 2.02. The Morgan fingerprint density at radius 3 is 3.00 bits per heavy atom. The fraction of sp³-hybridized carbons (Fsp3) is 0.462. The van der Waals surface area contributed by atoms with E-state index in [1.807, 2.05) is 0 Å². The van der Waals surface area contributed by atoms with Crippen molar-refractivity contribution >= 4 is 17.9 Å². The minimum absolute atomic E-state index is 0.0779. The molecule has 0 spiro atoms. The molecule has 1 atom stereocenters. The maximum Gasteiger partial charge on any atom is 0.158 e. The number of halogens is 2. The topological polar surface area (TPSA) is 35.5 Å². The number of hydrogen-bond acceptors (Lipinski definition) is 3. The summed E-state index contributed by atoms with van der Waals surface area (Å²) in [6.45, 7) is 0.752. The molecular formula is C13H14ClFO3. The van der Waals surface area contributed by atoms with Crippen LogP contribution in [0.15, 0.2) is 12.1 Å². The van der Waals surface area contributed by atoms with Gasteiger partial charge in [-0.15, -0.1) is 0 Å². The predicted octanol–water partition coefficient (Wildman–Crippen LogP) is 3.33. The Bertz CT molecular complexity index is 430. The molecule has 0 saturated carbocycles. The molecule has 1 unspecified atom stereocenters. The zero-order chi connectivity index (χ0) is 13.0. The molecule has 1 aromatic carbocycles. The van der Waals surface area contributed by atoms with Gasteiger partial charge in [-0.25, -0.2) is 4.39 Å². The molecule has 0 N–H and O–H groups in total. The van der Waals surface area contributed by atoms with Crippen LogP contribution in [0.5, 0.6) is 0 Å². The summed E-state index contributed by atoms with van der Waals surface area (Å²) in [7, 11) is 0. The molecule has 1 aromatic rings. The first-order chi connectivity index (χ1) is 8.72. The monoisotopic (exact) mass is 272 g/mol. The average molecular weight is 273 g/mol. The number of carbonyl (C=O) groups is 1. The van der Waals surface area contributed by atoms with Gasteiger partial charge in [0.25, 0.3) is 0 Å². The third-order valence-corrected chi connectivity index (χ3v) is 3.22. The highest BCUT2D eigenvalue weighted by Gasteiger charge is 2.16. The highest BCUT2D eigenvalue weighted by molar-refractivity contribution is 6.33. The van der Waals surface area contributed by atoms with Gasteiger partial charge in [-0.2, -0.15) is 0 Å². The molecule has 0 amide bonds. The molecule has 98 valence electrons. The molecule has 0 radical (unpaired) electrons. The number of ether oxygens (including phenoxy) is 2. The first-order valence-electron chi connectivity index (χ1n) is 5.87. The van der Waals surface area contributed by atoms with Crippen LogP contribution in [0.1, 0.15) is 35.2 Å². The molecule has 1 fully saturated rings. The summed E-state index contributed by atoms with van der Waals surface area (Å²) in [6.07, 6.45) is 3.03. The van der Waals surface area contributed by atoms with Gasteiger partial charge in [0.1, 0.15) is 5.82 Å². The molecule has 3 nitrogen and oxygen atoms in total. The molecule has 18 heavy (non-hydrogen) atoms. The van der Waals surface area contributed by atoms with E-state index in [9.17, 15) is 9.18 Å². The molecule has 0 aliphatic carbocycles. The molecule has 0 bridgehead atoms. The van der Waals surface area contributed by atoms with Crippen molar-refractivity contribution in [1.82, 2.24) is 0 Å². The standard InChI is InChI=1S/C13H14ClFO3/c14-11-5-4-9(13(15)10(11)7-16)8-18-12-3-1-2-6-17-12/h4-5,7,12H,1-3,6,8H2. The normalized spacial score (nSPS) is 19.8. The third-order valence-electron chi connectivity index (χ3n) is 2.89. The van der Waals surface area contributed by atoms with E-state index in [-0.39, 0.29) is 23.5 Å². The van der Waals surface area contributed by atoms with Crippen molar-refractivity contribution in [2.75, 3.05) is 6.61 Å². The van der Waals surface area contributed by atoms with Crippen molar-refractivity contribution in [1.29, 1.82) is 0 Å². The van der Waals surface area contributed by atoms with Crippen molar-refractivity contribution < 1.29 is 18.7 Å². The van der Waals surface area contributed by atoms with E-state index < -0.39 is 5.82 Å². The van der Waals surface area contributed by atoms with E-state index >= 15 is 0 Å². The van der Waals surface area contributed by atoms with Crippen LogP contribution < -0.4 is 0 Å². The predicted molar refractivity (Wildman–Crippen MR) is 65.2 cm³/mol. The summed E-state index contributed by atoms with van der Waals surface area (Å²) in [4.78, 5) is 10.7. The van der Waals surface area contributed by atoms with Crippen molar-refractivity contribution in [3.05, 3.63) is 34.1 Å². The molecule has 1 heterocycles. The van der Waals surface area contributed by atoms with Crippen LogP contribution in [-0.2, 0) is 16.1 Å². The lowest BCUT2D eigenvalue weighted by Crippen LogP contribution is -2.22. The second-order valence-corrected chi connectivity index (χ2v) is 4.57. The molecule has 1 aliphatic rings. The zero-order valence-electron chi connectivity index (χ0n) is 9.83. The van der Waals surface area contributed by atoms with Crippen LogP contribution in [-0.4, -0.2) is 19.2 Å². The van der Waals surface area contributed by atoms with E-state index in [1.54, 1.807) is 0 Å². The summed E-state index contributed by atoms with van der Waals surface area (Å²) in [5.74, 6) is -0.617. The van der Waals surface area contributed by atoms with E-state index in [4.69, 9.17) is 21.1 Å². The molecule has 5 heteroatoms. The summed E-state index contributed by atoms with van der Waals surface area (Å²) >= 11 is 5.71. The fourth-order valence-corrected chi connectivity index (χ4v) is 2.05. The smallest absolute Gasteiger partial charge is 0.158 e. The van der Waals surface area contributed by atoms with Gasteiger partial charge in [-0.3, -0.25) is 4.79 Å². The van der Waals surface area contributed by atoms with Gasteiger partial charge < -0.3 is 9.47 Å². The van der Waals surface area contributed by atoms with Crippen LogP contribution in [0.4, 0.5) is 4.39 Å². The quantitative estimate of drug-likeness (QED) is 0.789. The van der Waals surface area contributed by atoms with Gasteiger partial charge in [0.15, 0.2) is 12.6 Å². The summed E-state index contributed by atoms with van der Waals surface area (Å²) in [5, 5.41) is 0.111. The highest BCUT2D eigenvalue weighted by Crippen LogP contribution is 2.22. The number of rotatable bonds is 4. The first kappa shape index (κ1) is 13.5. The van der Waals surface area contributed by atoms with Crippen molar-refractivity contribution in [2.24, 2.45) is 0 Å². The van der Waals surface area contributed by atoms with Crippen molar-refractivity contribution in [2.45, 2.75) is 32.2 Å². The SMILES string of the molecule is O=Cc1c(Cl)ccc(COC2CCCCO2)c1F. The number of hydrogen-bond donors (Lipinski definition) is 0. The lowest BCUT2D eigenvalue weighted by Gasteiger charge is -2.22. The van der Waals surface area contributed by atoms with Gasteiger partial charge in [0.2, 0.25) is 0 Å². The number of carbonyl (C=O) groups excluding carboxylic acids is 1. The number of aldehydes is 1. The van der Waals surface area contributed by atoms with Crippen LogP contribution >= 0.6 is 11.6 Å². The Morgan fingerprint density at radius 2 is 2.33 bits per heavy atom. The summed E-state index contributed by atoms with van der Waals surface area (Å²) in [6, 6.07) is 3.02. The first-order valence-corrected chi connectivity index (χ1v) is 6.25. The third kappa shape index (κ3) is 3.07. The Labute approximate surface area is 110 Å². The zero-order valence-corrected chi connectivity index (χ0v) is 10.6. The largest absolute Gasteiger partial charge is 0.353 e. The summed E-state index contributed by atoms with van der Waals surface area (Å²) in [5.41, 5.74) is 0.193. The van der Waals surface area contributed by atoms with Crippen molar-refractivity contribution in [3.63, 3.8) is 0 Å². The lowest BCUT2D eigenvalue weighted by molar-refractivity contribution is -0.169. The van der Waals surface area contributed by atoms with Crippen molar-refractivity contribution in [3.8, 4) is 0 Å². The van der Waals surface area contributed by atoms with Crippen LogP contribution in [0.3, 0.4) is 0 Å². The van der Waals surface area contributed by atoms with Gasteiger partial charge >= 0.3 is 0 Å².